The summed E-state index contributed by atoms with van der Waals surface area (Å²) >= 11 is 4.51. The van der Waals surface area contributed by atoms with Crippen LogP contribution < -0.4 is 11.1 Å². The number of carbonyl (C=O) groups is 1. The minimum absolute atomic E-state index is 0.173. The Labute approximate surface area is 128 Å². The van der Waals surface area contributed by atoms with Gasteiger partial charge in [-0.1, -0.05) is 22.0 Å². The van der Waals surface area contributed by atoms with Crippen LogP contribution >= 0.6 is 27.7 Å². The second kappa shape index (κ2) is 6.76. The molecule has 0 atom stereocenters. The summed E-state index contributed by atoms with van der Waals surface area (Å²) < 4.78 is 14.2. The topological polar surface area (TPSA) is 55.1 Å². The number of amides is 1. The van der Waals surface area contributed by atoms with Crippen LogP contribution in [0, 0.1) is 5.82 Å². The molecule has 1 amide bonds. The van der Waals surface area contributed by atoms with Gasteiger partial charge in [0.05, 0.1) is 11.4 Å². The van der Waals surface area contributed by atoms with Crippen molar-refractivity contribution in [1.29, 1.82) is 0 Å². The summed E-state index contributed by atoms with van der Waals surface area (Å²) in [5.74, 6) is -0.542. The molecule has 2 aromatic rings. The van der Waals surface area contributed by atoms with E-state index in [0.717, 1.165) is 4.90 Å². The zero-order valence-corrected chi connectivity index (χ0v) is 12.8. The normalized spacial score (nSPS) is 10.3. The standard InChI is InChI=1S/C14H12BrFN2OS/c15-9-4-5-13(12(16)6-9)18-14(19)8-20-11-3-1-2-10(17)7-11/h1-7H,8,17H2,(H,18,19). The van der Waals surface area contributed by atoms with E-state index in [4.69, 9.17) is 5.73 Å². The summed E-state index contributed by atoms with van der Waals surface area (Å²) in [4.78, 5) is 12.7. The fourth-order valence-electron chi connectivity index (χ4n) is 1.53. The van der Waals surface area contributed by atoms with E-state index >= 15 is 0 Å². The van der Waals surface area contributed by atoms with Crippen molar-refractivity contribution in [3.8, 4) is 0 Å². The van der Waals surface area contributed by atoms with Gasteiger partial charge in [-0.15, -0.1) is 11.8 Å². The maximum Gasteiger partial charge on any atom is 0.234 e. The van der Waals surface area contributed by atoms with E-state index in [-0.39, 0.29) is 17.3 Å². The molecule has 6 heteroatoms. The largest absolute Gasteiger partial charge is 0.399 e. The number of anilines is 2. The van der Waals surface area contributed by atoms with E-state index in [0.29, 0.717) is 10.2 Å². The third-order valence-electron chi connectivity index (χ3n) is 2.43. The highest BCUT2D eigenvalue weighted by molar-refractivity contribution is 9.10. The highest BCUT2D eigenvalue weighted by Gasteiger charge is 2.08. The van der Waals surface area contributed by atoms with Gasteiger partial charge >= 0.3 is 0 Å². The number of benzene rings is 2. The molecule has 2 aromatic carbocycles. The van der Waals surface area contributed by atoms with Crippen LogP contribution in [-0.4, -0.2) is 11.7 Å². The first-order chi connectivity index (χ1) is 9.54. The van der Waals surface area contributed by atoms with Crippen molar-refractivity contribution in [2.75, 3.05) is 16.8 Å². The van der Waals surface area contributed by atoms with E-state index in [1.165, 1.54) is 23.9 Å². The molecule has 2 rings (SSSR count). The third kappa shape index (κ3) is 4.25. The second-order valence-corrected chi connectivity index (χ2v) is 6.00. The zero-order valence-electron chi connectivity index (χ0n) is 10.4. The molecule has 0 aliphatic carbocycles. The Morgan fingerprint density at radius 2 is 2.10 bits per heavy atom. The van der Waals surface area contributed by atoms with Gasteiger partial charge in [0.25, 0.3) is 0 Å². The molecule has 0 fully saturated rings. The molecular formula is C14H12BrFN2OS. The summed E-state index contributed by atoms with van der Waals surface area (Å²) in [5, 5.41) is 2.54. The average Bonchev–Trinajstić information content (AvgIpc) is 2.40. The van der Waals surface area contributed by atoms with Crippen LogP contribution in [0.4, 0.5) is 15.8 Å². The maximum atomic E-state index is 13.6. The van der Waals surface area contributed by atoms with Crippen molar-refractivity contribution in [1.82, 2.24) is 0 Å². The van der Waals surface area contributed by atoms with Gasteiger partial charge in [0.1, 0.15) is 5.82 Å². The molecule has 0 bridgehead atoms. The number of hydrogen-bond acceptors (Lipinski definition) is 3. The number of thioether (sulfide) groups is 1. The van der Waals surface area contributed by atoms with Crippen LogP contribution in [-0.2, 0) is 4.79 Å². The van der Waals surface area contributed by atoms with Gasteiger partial charge in [-0.3, -0.25) is 4.79 Å². The highest BCUT2D eigenvalue weighted by atomic mass is 79.9. The predicted octanol–water partition coefficient (Wildman–Crippen LogP) is 3.90. The number of nitrogens with two attached hydrogens (primary N) is 1. The quantitative estimate of drug-likeness (QED) is 0.646. The zero-order chi connectivity index (χ0) is 14.5. The molecule has 0 unspecified atom stereocenters. The van der Waals surface area contributed by atoms with Crippen molar-refractivity contribution in [2.45, 2.75) is 4.90 Å². The number of carbonyl (C=O) groups excluding carboxylic acids is 1. The summed E-state index contributed by atoms with van der Waals surface area (Å²) in [7, 11) is 0. The Hall–Kier alpha value is -1.53. The van der Waals surface area contributed by atoms with Crippen LogP contribution in [0.3, 0.4) is 0 Å². The van der Waals surface area contributed by atoms with Crippen LogP contribution in [0.5, 0.6) is 0 Å². The third-order valence-corrected chi connectivity index (χ3v) is 3.92. The minimum atomic E-state index is -0.471. The first-order valence-electron chi connectivity index (χ1n) is 5.78. The lowest BCUT2D eigenvalue weighted by molar-refractivity contribution is -0.113. The van der Waals surface area contributed by atoms with Gasteiger partial charge in [-0.25, -0.2) is 4.39 Å². The van der Waals surface area contributed by atoms with Crippen molar-refractivity contribution in [3.05, 3.63) is 52.8 Å². The monoisotopic (exact) mass is 354 g/mol. The number of nitrogens with one attached hydrogen (secondary N) is 1. The first kappa shape index (κ1) is 14.9. The van der Waals surface area contributed by atoms with Crippen molar-refractivity contribution in [2.24, 2.45) is 0 Å². The van der Waals surface area contributed by atoms with Crippen molar-refractivity contribution in [3.63, 3.8) is 0 Å². The van der Waals surface area contributed by atoms with Crippen LogP contribution in [0.2, 0.25) is 0 Å². The summed E-state index contributed by atoms with van der Waals surface area (Å²) in [6.45, 7) is 0. The lowest BCUT2D eigenvalue weighted by Gasteiger charge is -2.07. The smallest absolute Gasteiger partial charge is 0.234 e. The van der Waals surface area contributed by atoms with Crippen LogP contribution in [0.15, 0.2) is 51.8 Å². The molecule has 0 radical (unpaired) electrons. The molecule has 0 aromatic heterocycles. The van der Waals surface area contributed by atoms with Crippen molar-refractivity contribution >= 4 is 45.0 Å². The minimum Gasteiger partial charge on any atom is -0.399 e. The Morgan fingerprint density at radius 3 is 2.80 bits per heavy atom. The van der Waals surface area contributed by atoms with Gasteiger partial charge in [0, 0.05) is 15.1 Å². The maximum absolute atomic E-state index is 13.6. The van der Waals surface area contributed by atoms with Crippen molar-refractivity contribution < 1.29 is 9.18 Å². The highest BCUT2D eigenvalue weighted by Crippen LogP contribution is 2.22. The predicted molar refractivity (Wildman–Crippen MR) is 84.3 cm³/mol. The van der Waals surface area contributed by atoms with E-state index in [1.807, 2.05) is 12.1 Å². The molecule has 0 aliphatic heterocycles. The fraction of sp³-hybridized carbons (Fsp3) is 0.0714. The molecule has 3 nitrogen and oxygen atoms in total. The average molecular weight is 355 g/mol. The molecule has 0 saturated heterocycles. The first-order valence-corrected chi connectivity index (χ1v) is 7.56. The second-order valence-electron chi connectivity index (χ2n) is 4.03. The fourth-order valence-corrected chi connectivity index (χ4v) is 2.63. The number of halogens is 2. The van der Waals surface area contributed by atoms with E-state index in [9.17, 15) is 9.18 Å². The van der Waals surface area contributed by atoms with E-state index < -0.39 is 5.82 Å². The van der Waals surface area contributed by atoms with Gasteiger partial charge in [0.2, 0.25) is 5.91 Å². The number of hydrogen-bond donors (Lipinski definition) is 2. The lowest BCUT2D eigenvalue weighted by atomic mass is 10.3. The van der Waals surface area contributed by atoms with Gasteiger partial charge in [-0.2, -0.15) is 0 Å². The van der Waals surface area contributed by atoms with Gasteiger partial charge in [0.15, 0.2) is 0 Å². The molecule has 0 aliphatic rings. The molecule has 0 saturated carbocycles. The lowest BCUT2D eigenvalue weighted by Crippen LogP contribution is -2.15. The Bertz CT molecular complexity index is 636. The molecule has 0 heterocycles. The van der Waals surface area contributed by atoms with Crippen LogP contribution in [0.1, 0.15) is 0 Å². The van der Waals surface area contributed by atoms with Crippen LogP contribution in [0.25, 0.3) is 0 Å². The summed E-state index contributed by atoms with van der Waals surface area (Å²) in [6, 6.07) is 11.8. The molecule has 3 N–H and O–H groups in total. The van der Waals surface area contributed by atoms with Gasteiger partial charge < -0.3 is 11.1 Å². The molecule has 104 valence electrons. The Morgan fingerprint density at radius 1 is 1.30 bits per heavy atom. The Kier molecular flexibility index (Phi) is 5.03. The summed E-state index contributed by atoms with van der Waals surface area (Å²) in [6.07, 6.45) is 0. The number of nitrogen functional groups attached to an aromatic ring is 1. The summed E-state index contributed by atoms with van der Waals surface area (Å²) in [5.41, 5.74) is 6.47. The van der Waals surface area contributed by atoms with E-state index in [2.05, 4.69) is 21.2 Å². The molecule has 0 spiro atoms. The SMILES string of the molecule is Nc1cccc(SCC(=O)Nc2ccc(Br)cc2F)c1. The van der Waals surface area contributed by atoms with E-state index in [1.54, 1.807) is 18.2 Å². The molecular weight excluding hydrogens is 343 g/mol. The Balaban J connectivity index is 1.92. The molecule has 20 heavy (non-hydrogen) atoms. The van der Waals surface area contributed by atoms with Gasteiger partial charge in [-0.05, 0) is 36.4 Å². The number of rotatable bonds is 4.